The van der Waals surface area contributed by atoms with Crippen molar-refractivity contribution in [1.29, 1.82) is 0 Å². The number of ketones is 1. The molecule has 0 saturated heterocycles. The van der Waals surface area contributed by atoms with E-state index in [1.54, 1.807) is 0 Å². The maximum Gasteiger partial charge on any atom is 0.132 e. The molecule has 94 valence electrons. The maximum absolute atomic E-state index is 11.4. The molecule has 0 bridgehead atoms. The Bertz CT molecular complexity index is 172. The number of hydrogen-bond donors (Lipinski definition) is 0. The van der Waals surface area contributed by atoms with Crippen molar-refractivity contribution in [2.75, 3.05) is 0 Å². The first-order valence-electron chi connectivity index (χ1n) is 6.93. The summed E-state index contributed by atoms with van der Waals surface area (Å²) < 4.78 is 0. The lowest BCUT2D eigenvalue weighted by atomic mass is 10.0. The summed E-state index contributed by atoms with van der Waals surface area (Å²) in [6, 6.07) is 0. The van der Waals surface area contributed by atoms with Gasteiger partial charge in [0.25, 0.3) is 0 Å². The number of rotatable bonds is 12. The van der Waals surface area contributed by atoms with Gasteiger partial charge >= 0.3 is 0 Å². The molecule has 0 N–H and O–H groups in total. The van der Waals surface area contributed by atoms with E-state index < -0.39 is 0 Å². The van der Waals surface area contributed by atoms with Crippen molar-refractivity contribution < 1.29 is 4.79 Å². The van der Waals surface area contributed by atoms with Crippen LogP contribution in [0.2, 0.25) is 0 Å². The summed E-state index contributed by atoms with van der Waals surface area (Å²) in [4.78, 5) is 11.4. The molecule has 0 spiro atoms. The summed E-state index contributed by atoms with van der Waals surface area (Å²) >= 11 is 0. The van der Waals surface area contributed by atoms with Crippen LogP contribution < -0.4 is 0 Å². The van der Waals surface area contributed by atoms with Crippen LogP contribution in [0.15, 0.2) is 12.7 Å². The van der Waals surface area contributed by atoms with Crippen LogP contribution in [-0.4, -0.2) is 5.78 Å². The molecule has 0 aromatic rings. The summed E-state index contributed by atoms with van der Waals surface area (Å²) in [5, 5.41) is 0. The van der Waals surface area contributed by atoms with E-state index in [0.717, 1.165) is 32.1 Å². The zero-order valence-electron chi connectivity index (χ0n) is 11.0. The lowest BCUT2D eigenvalue weighted by molar-refractivity contribution is -0.119. The first kappa shape index (κ1) is 15.4. The molecular formula is C15H28O. The summed E-state index contributed by atoms with van der Waals surface area (Å²) in [6.45, 7) is 5.90. The fourth-order valence-corrected chi connectivity index (χ4v) is 1.85. The molecule has 0 amide bonds. The third-order valence-electron chi connectivity index (χ3n) is 2.92. The predicted molar refractivity (Wildman–Crippen MR) is 71.7 cm³/mol. The standard InChI is InChI=1S/C15H28O/c1-3-5-7-8-9-10-12-14-15(16)13-11-6-4-2/h4H,2-3,5-14H2,1H3. The summed E-state index contributed by atoms with van der Waals surface area (Å²) in [6.07, 6.45) is 14.4. The van der Waals surface area contributed by atoms with Crippen molar-refractivity contribution >= 4 is 5.78 Å². The Morgan fingerprint density at radius 1 is 0.938 bits per heavy atom. The molecule has 0 aliphatic carbocycles. The van der Waals surface area contributed by atoms with Gasteiger partial charge in [0.1, 0.15) is 5.78 Å². The van der Waals surface area contributed by atoms with Crippen LogP contribution in [0, 0.1) is 0 Å². The second kappa shape index (κ2) is 12.5. The number of allylic oxidation sites excluding steroid dienone is 1. The number of carbonyl (C=O) groups excluding carboxylic acids is 1. The van der Waals surface area contributed by atoms with Gasteiger partial charge in [-0.25, -0.2) is 0 Å². The summed E-state index contributed by atoms with van der Waals surface area (Å²) in [5.41, 5.74) is 0. The lowest BCUT2D eigenvalue weighted by Crippen LogP contribution is -1.97. The van der Waals surface area contributed by atoms with E-state index in [1.165, 1.54) is 38.5 Å². The largest absolute Gasteiger partial charge is 0.300 e. The van der Waals surface area contributed by atoms with Crippen LogP contribution in [0.1, 0.15) is 77.6 Å². The SMILES string of the molecule is C=CCCCC(=O)CCCCCCCCC. The highest BCUT2D eigenvalue weighted by Gasteiger charge is 2.00. The van der Waals surface area contributed by atoms with Gasteiger partial charge in [-0.15, -0.1) is 6.58 Å². The van der Waals surface area contributed by atoms with Crippen molar-refractivity contribution in [1.82, 2.24) is 0 Å². The molecule has 0 heterocycles. The fourth-order valence-electron chi connectivity index (χ4n) is 1.85. The predicted octanol–water partition coefficient (Wildman–Crippen LogP) is 5.05. The van der Waals surface area contributed by atoms with Crippen LogP contribution in [0.5, 0.6) is 0 Å². The van der Waals surface area contributed by atoms with Gasteiger partial charge in [-0.3, -0.25) is 4.79 Å². The van der Waals surface area contributed by atoms with E-state index in [4.69, 9.17) is 0 Å². The van der Waals surface area contributed by atoms with Gasteiger partial charge < -0.3 is 0 Å². The maximum atomic E-state index is 11.4. The number of unbranched alkanes of at least 4 members (excludes halogenated alkanes) is 7. The normalized spacial score (nSPS) is 10.3. The monoisotopic (exact) mass is 224 g/mol. The van der Waals surface area contributed by atoms with Crippen molar-refractivity contribution in [3.63, 3.8) is 0 Å². The first-order chi connectivity index (χ1) is 7.81. The fraction of sp³-hybridized carbons (Fsp3) is 0.800. The smallest absolute Gasteiger partial charge is 0.132 e. The van der Waals surface area contributed by atoms with E-state index >= 15 is 0 Å². The van der Waals surface area contributed by atoms with E-state index in [2.05, 4.69) is 13.5 Å². The third-order valence-corrected chi connectivity index (χ3v) is 2.92. The molecule has 1 nitrogen and oxygen atoms in total. The second-order valence-electron chi connectivity index (χ2n) is 4.59. The average molecular weight is 224 g/mol. The molecule has 0 radical (unpaired) electrons. The molecule has 1 heteroatoms. The number of carbonyl (C=O) groups is 1. The molecule has 16 heavy (non-hydrogen) atoms. The molecule has 0 unspecified atom stereocenters. The van der Waals surface area contributed by atoms with Crippen LogP contribution in [0.25, 0.3) is 0 Å². The molecule has 0 aliphatic rings. The molecular weight excluding hydrogens is 196 g/mol. The van der Waals surface area contributed by atoms with E-state index in [-0.39, 0.29) is 0 Å². The Kier molecular flexibility index (Phi) is 12.0. The minimum absolute atomic E-state index is 0.440. The lowest BCUT2D eigenvalue weighted by Gasteiger charge is -2.01. The van der Waals surface area contributed by atoms with Crippen LogP contribution in [0.4, 0.5) is 0 Å². The number of Topliss-reactive ketones (excluding diaryl/α,β-unsaturated/α-hetero) is 1. The molecule has 0 aliphatic heterocycles. The Labute approximate surface area is 101 Å². The van der Waals surface area contributed by atoms with Gasteiger partial charge in [-0.1, -0.05) is 51.5 Å². The Balaban J connectivity index is 3.12. The Morgan fingerprint density at radius 3 is 2.12 bits per heavy atom. The Morgan fingerprint density at radius 2 is 1.50 bits per heavy atom. The van der Waals surface area contributed by atoms with Crippen molar-refractivity contribution in [2.45, 2.75) is 77.6 Å². The minimum atomic E-state index is 0.440. The van der Waals surface area contributed by atoms with Crippen LogP contribution >= 0.6 is 0 Å². The summed E-state index contributed by atoms with van der Waals surface area (Å²) in [7, 11) is 0. The molecule has 0 fully saturated rings. The third kappa shape index (κ3) is 11.5. The highest BCUT2D eigenvalue weighted by molar-refractivity contribution is 5.78. The van der Waals surface area contributed by atoms with E-state index in [0.29, 0.717) is 5.78 Å². The first-order valence-corrected chi connectivity index (χ1v) is 6.93. The number of hydrogen-bond acceptors (Lipinski definition) is 1. The zero-order valence-corrected chi connectivity index (χ0v) is 11.0. The quantitative estimate of drug-likeness (QED) is 0.335. The highest BCUT2D eigenvalue weighted by Crippen LogP contribution is 2.10. The molecule has 0 saturated carbocycles. The van der Waals surface area contributed by atoms with Crippen LogP contribution in [0.3, 0.4) is 0 Å². The van der Waals surface area contributed by atoms with Gasteiger partial charge in [0.15, 0.2) is 0 Å². The zero-order chi connectivity index (χ0) is 12.1. The van der Waals surface area contributed by atoms with Gasteiger partial charge in [-0.2, -0.15) is 0 Å². The molecule has 0 rings (SSSR count). The second-order valence-corrected chi connectivity index (χ2v) is 4.59. The van der Waals surface area contributed by atoms with Crippen LogP contribution in [-0.2, 0) is 4.79 Å². The molecule has 0 aromatic heterocycles. The van der Waals surface area contributed by atoms with Gasteiger partial charge in [0, 0.05) is 12.8 Å². The average Bonchev–Trinajstić information content (AvgIpc) is 2.28. The molecule has 0 aromatic carbocycles. The van der Waals surface area contributed by atoms with Crippen molar-refractivity contribution in [2.24, 2.45) is 0 Å². The van der Waals surface area contributed by atoms with Gasteiger partial charge in [0.05, 0.1) is 0 Å². The van der Waals surface area contributed by atoms with Gasteiger partial charge in [0.2, 0.25) is 0 Å². The summed E-state index contributed by atoms with van der Waals surface area (Å²) in [5.74, 6) is 0.440. The highest BCUT2D eigenvalue weighted by atomic mass is 16.1. The van der Waals surface area contributed by atoms with Crippen molar-refractivity contribution in [3.8, 4) is 0 Å². The molecule has 0 atom stereocenters. The van der Waals surface area contributed by atoms with Gasteiger partial charge in [-0.05, 0) is 19.3 Å². The van der Waals surface area contributed by atoms with E-state index in [1.807, 2.05) is 6.08 Å². The Hall–Kier alpha value is -0.590. The van der Waals surface area contributed by atoms with E-state index in [9.17, 15) is 4.79 Å². The minimum Gasteiger partial charge on any atom is -0.300 e. The van der Waals surface area contributed by atoms with Crippen molar-refractivity contribution in [3.05, 3.63) is 12.7 Å². The topological polar surface area (TPSA) is 17.1 Å².